The Morgan fingerprint density at radius 3 is 2.29 bits per heavy atom. The van der Waals surface area contributed by atoms with Gasteiger partial charge in [-0.1, -0.05) is 64.5 Å². The average Bonchev–Trinajstić information content (AvgIpc) is 2.55. The topological polar surface area (TPSA) is 35.2 Å². The van der Waals surface area contributed by atoms with Crippen molar-refractivity contribution in [3.05, 3.63) is 76.3 Å². The lowest BCUT2D eigenvalue weighted by Crippen LogP contribution is -2.13. The van der Waals surface area contributed by atoms with Crippen LogP contribution in [0.1, 0.15) is 17.2 Å². The number of hydrogen-bond acceptors (Lipinski definition) is 2. The van der Waals surface area contributed by atoms with Gasteiger partial charge in [-0.3, -0.25) is 0 Å². The molecule has 0 bridgehead atoms. The van der Waals surface area contributed by atoms with Gasteiger partial charge in [0.1, 0.15) is 5.75 Å². The molecule has 0 radical (unpaired) electrons. The number of benzene rings is 3. The molecule has 3 heteroatoms. The SMILES string of the molecule is COc1ccccc1C(N)c1ccc(Br)c2ccccc12. The molecule has 0 heterocycles. The van der Waals surface area contributed by atoms with Crippen molar-refractivity contribution in [3.8, 4) is 5.75 Å². The van der Waals surface area contributed by atoms with Crippen LogP contribution in [0.5, 0.6) is 5.75 Å². The summed E-state index contributed by atoms with van der Waals surface area (Å²) in [6, 6.07) is 20.1. The van der Waals surface area contributed by atoms with Gasteiger partial charge in [-0.15, -0.1) is 0 Å². The van der Waals surface area contributed by atoms with Crippen molar-refractivity contribution in [2.75, 3.05) is 7.11 Å². The van der Waals surface area contributed by atoms with Crippen molar-refractivity contribution in [2.24, 2.45) is 5.73 Å². The van der Waals surface area contributed by atoms with Crippen molar-refractivity contribution in [2.45, 2.75) is 6.04 Å². The van der Waals surface area contributed by atoms with Gasteiger partial charge in [0, 0.05) is 10.0 Å². The van der Waals surface area contributed by atoms with E-state index in [1.807, 2.05) is 42.5 Å². The number of ether oxygens (including phenoxy) is 1. The van der Waals surface area contributed by atoms with Gasteiger partial charge in [0.15, 0.2) is 0 Å². The van der Waals surface area contributed by atoms with Gasteiger partial charge >= 0.3 is 0 Å². The average molecular weight is 342 g/mol. The molecule has 0 aliphatic heterocycles. The fourth-order valence-electron chi connectivity index (χ4n) is 2.65. The lowest BCUT2D eigenvalue weighted by atomic mass is 9.94. The van der Waals surface area contributed by atoms with Crippen molar-refractivity contribution < 1.29 is 4.74 Å². The number of rotatable bonds is 3. The van der Waals surface area contributed by atoms with Crippen LogP contribution in [-0.4, -0.2) is 7.11 Å². The molecule has 0 amide bonds. The Labute approximate surface area is 132 Å². The van der Waals surface area contributed by atoms with E-state index in [9.17, 15) is 0 Å². The molecule has 1 atom stereocenters. The number of nitrogens with two attached hydrogens (primary N) is 1. The zero-order valence-corrected chi connectivity index (χ0v) is 13.3. The zero-order valence-electron chi connectivity index (χ0n) is 11.7. The first kappa shape index (κ1) is 14.1. The van der Waals surface area contributed by atoms with Gasteiger partial charge in [0.25, 0.3) is 0 Å². The van der Waals surface area contributed by atoms with Gasteiger partial charge in [-0.25, -0.2) is 0 Å². The number of methoxy groups -OCH3 is 1. The summed E-state index contributed by atoms with van der Waals surface area (Å²) in [7, 11) is 1.67. The quantitative estimate of drug-likeness (QED) is 0.751. The highest BCUT2D eigenvalue weighted by Gasteiger charge is 2.16. The van der Waals surface area contributed by atoms with E-state index in [-0.39, 0.29) is 6.04 Å². The predicted molar refractivity (Wildman–Crippen MR) is 90.7 cm³/mol. The van der Waals surface area contributed by atoms with Crippen LogP contribution in [0.15, 0.2) is 65.1 Å². The Kier molecular flexibility index (Phi) is 3.95. The molecular weight excluding hydrogens is 326 g/mol. The molecule has 1 unspecified atom stereocenters. The van der Waals surface area contributed by atoms with Gasteiger partial charge in [0.05, 0.1) is 13.2 Å². The predicted octanol–water partition coefficient (Wildman–Crippen LogP) is 4.66. The third-order valence-corrected chi connectivity index (χ3v) is 4.41. The molecule has 106 valence electrons. The van der Waals surface area contributed by atoms with Crippen LogP contribution in [0.4, 0.5) is 0 Å². The van der Waals surface area contributed by atoms with Crippen molar-refractivity contribution >= 4 is 26.7 Å². The Morgan fingerprint density at radius 2 is 1.52 bits per heavy atom. The Morgan fingerprint density at radius 1 is 0.857 bits per heavy atom. The van der Waals surface area contributed by atoms with Crippen LogP contribution in [0.2, 0.25) is 0 Å². The summed E-state index contributed by atoms with van der Waals surface area (Å²) in [5, 5.41) is 2.32. The van der Waals surface area contributed by atoms with E-state index < -0.39 is 0 Å². The summed E-state index contributed by atoms with van der Waals surface area (Å²) in [5.41, 5.74) is 8.60. The maximum absolute atomic E-state index is 6.51. The molecule has 2 nitrogen and oxygen atoms in total. The van der Waals surface area contributed by atoms with E-state index in [1.54, 1.807) is 7.11 Å². The molecular formula is C18H16BrNO. The first-order valence-electron chi connectivity index (χ1n) is 6.78. The first-order valence-corrected chi connectivity index (χ1v) is 7.57. The van der Waals surface area contributed by atoms with E-state index in [4.69, 9.17) is 10.5 Å². The molecule has 21 heavy (non-hydrogen) atoms. The van der Waals surface area contributed by atoms with Crippen LogP contribution < -0.4 is 10.5 Å². The third-order valence-electron chi connectivity index (χ3n) is 3.71. The minimum atomic E-state index is -0.223. The molecule has 0 saturated carbocycles. The summed E-state index contributed by atoms with van der Waals surface area (Å²) in [5.74, 6) is 0.817. The molecule has 3 rings (SSSR count). The van der Waals surface area contributed by atoms with E-state index >= 15 is 0 Å². The lowest BCUT2D eigenvalue weighted by molar-refractivity contribution is 0.408. The normalized spacial score (nSPS) is 12.3. The minimum Gasteiger partial charge on any atom is -0.496 e. The summed E-state index contributed by atoms with van der Waals surface area (Å²) in [6.45, 7) is 0. The molecule has 0 saturated heterocycles. The van der Waals surface area contributed by atoms with Gasteiger partial charge in [-0.2, -0.15) is 0 Å². The minimum absolute atomic E-state index is 0.223. The van der Waals surface area contributed by atoms with Crippen LogP contribution in [-0.2, 0) is 0 Å². The summed E-state index contributed by atoms with van der Waals surface area (Å²) in [4.78, 5) is 0. The monoisotopic (exact) mass is 341 g/mol. The standard InChI is InChI=1S/C18H16BrNO/c1-21-17-9-5-4-8-15(17)18(20)14-10-11-16(19)13-7-3-2-6-12(13)14/h2-11,18H,20H2,1H3. The van der Waals surface area contributed by atoms with Crippen LogP contribution >= 0.6 is 15.9 Å². The summed E-state index contributed by atoms with van der Waals surface area (Å²) < 4.78 is 6.51. The fourth-order valence-corrected chi connectivity index (χ4v) is 3.13. The number of hydrogen-bond donors (Lipinski definition) is 1. The maximum atomic E-state index is 6.51. The van der Waals surface area contributed by atoms with E-state index in [1.165, 1.54) is 5.39 Å². The van der Waals surface area contributed by atoms with Gasteiger partial charge in [-0.05, 0) is 28.5 Å². The molecule has 0 fully saturated rings. The largest absolute Gasteiger partial charge is 0.496 e. The van der Waals surface area contributed by atoms with Crippen molar-refractivity contribution in [1.82, 2.24) is 0 Å². The molecule has 0 aliphatic carbocycles. The van der Waals surface area contributed by atoms with Crippen LogP contribution in [0.3, 0.4) is 0 Å². The molecule has 3 aromatic carbocycles. The highest BCUT2D eigenvalue weighted by Crippen LogP contribution is 2.34. The van der Waals surface area contributed by atoms with Gasteiger partial charge in [0.2, 0.25) is 0 Å². The molecule has 0 aromatic heterocycles. The Balaban J connectivity index is 2.18. The number of fused-ring (bicyclic) bond motifs is 1. The lowest BCUT2D eigenvalue weighted by Gasteiger charge is -2.18. The second-order valence-corrected chi connectivity index (χ2v) is 5.76. The molecule has 2 N–H and O–H groups in total. The number of halogens is 1. The van der Waals surface area contributed by atoms with Crippen LogP contribution in [0, 0.1) is 0 Å². The van der Waals surface area contributed by atoms with E-state index in [0.29, 0.717) is 0 Å². The third kappa shape index (κ3) is 2.55. The van der Waals surface area contributed by atoms with Crippen LogP contribution in [0.25, 0.3) is 10.8 Å². The zero-order chi connectivity index (χ0) is 14.8. The van der Waals surface area contributed by atoms with Crippen molar-refractivity contribution in [3.63, 3.8) is 0 Å². The van der Waals surface area contributed by atoms with E-state index in [2.05, 4.69) is 34.1 Å². The highest BCUT2D eigenvalue weighted by atomic mass is 79.9. The fraction of sp³-hybridized carbons (Fsp3) is 0.111. The Bertz CT molecular complexity index is 785. The maximum Gasteiger partial charge on any atom is 0.123 e. The molecule has 3 aromatic rings. The number of para-hydroxylation sites is 1. The van der Waals surface area contributed by atoms with Gasteiger partial charge < -0.3 is 10.5 Å². The Hall–Kier alpha value is -1.84. The summed E-state index contributed by atoms with van der Waals surface area (Å²) >= 11 is 3.60. The first-order chi connectivity index (χ1) is 10.2. The second kappa shape index (κ2) is 5.88. The summed E-state index contributed by atoms with van der Waals surface area (Å²) in [6.07, 6.45) is 0. The second-order valence-electron chi connectivity index (χ2n) is 4.90. The van der Waals surface area contributed by atoms with Crippen molar-refractivity contribution in [1.29, 1.82) is 0 Å². The highest BCUT2D eigenvalue weighted by molar-refractivity contribution is 9.10. The molecule has 0 aliphatic rings. The van der Waals surface area contributed by atoms with E-state index in [0.717, 1.165) is 26.7 Å². The molecule has 0 spiro atoms. The smallest absolute Gasteiger partial charge is 0.123 e.